The first-order valence-corrected chi connectivity index (χ1v) is 7.60. The predicted molar refractivity (Wildman–Crippen MR) is 53.2 cm³/mol. The Balaban J connectivity index is 4.10. The molecule has 0 bridgehead atoms. The van der Waals surface area contributed by atoms with Crippen molar-refractivity contribution < 1.29 is 44.3 Å². The smallest absolute Gasteiger partial charge is 0.302 e. The summed E-state index contributed by atoms with van der Waals surface area (Å²) in [7, 11) is -8.86. The van der Waals surface area contributed by atoms with Gasteiger partial charge >= 0.3 is 14.0 Å². The monoisotopic (exact) mass is 316 g/mol. The highest BCUT2D eigenvalue weighted by atomic mass is 32.2. The zero-order valence-corrected chi connectivity index (χ0v) is 10.9. The number of hydrogen-bond acceptors (Lipinski definition) is 6. The number of rotatable bonds is 8. The fourth-order valence-corrected chi connectivity index (χ4v) is 2.24. The predicted octanol–water partition coefficient (Wildman–Crippen LogP) is 1.05. The van der Waals surface area contributed by atoms with Crippen LogP contribution in [-0.4, -0.2) is 45.1 Å². The molecule has 0 aromatic heterocycles. The molecule has 18 heavy (non-hydrogen) atoms. The lowest BCUT2D eigenvalue weighted by Gasteiger charge is -2.11. The average molecular weight is 316 g/mol. The highest BCUT2D eigenvalue weighted by Crippen LogP contribution is 2.42. The van der Waals surface area contributed by atoms with Crippen LogP contribution in [0.3, 0.4) is 0 Å². The van der Waals surface area contributed by atoms with Gasteiger partial charge < -0.3 is 4.89 Å². The van der Waals surface area contributed by atoms with Crippen LogP contribution in [0.25, 0.3) is 0 Å². The van der Waals surface area contributed by atoms with Gasteiger partial charge in [-0.2, -0.15) is 21.6 Å². The highest BCUT2D eigenvalue weighted by Gasteiger charge is 2.31. The molecule has 1 atom stereocenters. The molecule has 1 N–H and O–H groups in total. The van der Waals surface area contributed by atoms with E-state index in [4.69, 9.17) is 4.89 Å². The number of phosphoric acid groups is 1. The van der Waals surface area contributed by atoms with Crippen molar-refractivity contribution in [2.45, 2.75) is 13.1 Å². The van der Waals surface area contributed by atoms with Crippen LogP contribution in [0.15, 0.2) is 0 Å². The van der Waals surface area contributed by atoms with Gasteiger partial charge in [-0.05, 0) is 6.92 Å². The van der Waals surface area contributed by atoms with Crippen LogP contribution in [0.5, 0.6) is 0 Å². The molecule has 0 fully saturated rings. The van der Waals surface area contributed by atoms with E-state index < -0.39 is 43.1 Å². The maximum Gasteiger partial charge on any atom is 0.472 e. The minimum atomic E-state index is -4.79. The van der Waals surface area contributed by atoms with Crippen LogP contribution >= 0.6 is 7.82 Å². The fourth-order valence-electron chi connectivity index (χ4n) is 0.671. The van der Waals surface area contributed by atoms with Gasteiger partial charge in [0.2, 0.25) is 0 Å². The Morgan fingerprint density at radius 2 is 1.83 bits per heavy atom. The van der Waals surface area contributed by atoms with Gasteiger partial charge in [-0.15, -0.1) is 0 Å². The number of halogens is 3. The van der Waals surface area contributed by atoms with Crippen LogP contribution in [0.1, 0.15) is 6.92 Å². The lowest BCUT2D eigenvalue weighted by atomic mass is 10.7. The van der Waals surface area contributed by atoms with Crippen LogP contribution < -0.4 is 0 Å². The van der Waals surface area contributed by atoms with Gasteiger partial charge in [0.05, 0.1) is 19.0 Å². The van der Waals surface area contributed by atoms with Crippen LogP contribution in [0.2, 0.25) is 0 Å². The Morgan fingerprint density at radius 1 is 1.28 bits per heavy atom. The zero-order chi connectivity index (χ0) is 14.4. The first kappa shape index (κ1) is 17.8. The van der Waals surface area contributed by atoms with E-state index in [1.165, 1.54) is 6.92 Å². The van der Waals surface area contributed by atoms with Gasteiger partial charge in [0.1, 0.15) is 0 Å². The van der Waals surface area contributed by atoms with Gasteiger partial charge in [-0.25, -0.2) is 4.57 Å². The van der Waals surface area contributed by atoms with Gasteiger partial charge in [0.15, 0.2) is 6.61 Å². The van der Waals surface area contributed by atoms with Crippen LogP contribution in [-0.2, 0) is 27.9 Å². The Bertz CT molecular complexity index is 392. The van der Waals surface area contributed by atoms with E-state index >= 15 is 0 Å². The molecule has 0 rings (SSSR count). The minimum Gasteiger partial charge on any atom is -0.302 e. The third-order valence-corrected chi connectivity index (χ3v) is 3.52. The first-order chi connectivity index (χ1) is 7.97. The van der Waals surface area contributed by atoms with Crippen molar-refractivity contribution in [2.24, 2.45) is 0 Å². The topological polar surface area (TPSA) is 99.1 Å². The molecule has 0 amide bonds. The summed E-state index contributed by atoms with van der Waals surface area (Å²) in [4.78, 5) is 8.87. The van der Waals surface area contributed by atoms with E-state index in [2.05, 4.69) is 13.2 Å². The Morgan fingerprint density at radius 3 is 2.28 bits per heavy atom. The zero-order valence-electron chi connectivity index (χ0n) is 9.21. The largest absolute Gasteiger partial charge is 0.472 e. The van der Waals surface area contributed by atoms with Gasteiger partial charge in [-0.1, -0.05) is 0 Å². The first-order valence-electron chi connectivity index (χ1n) is 4.53. The molecule has 0 radical (unpaired) electrons. The second-order valence-corrected chi connectivity index (χ2v) is 6.07. The summed E-state index contributed by atoms with van der Waals surface area (Å²) in [6.45, 7) is -1.54. The fraction of sp³-hybridized carbons (Fsp3) is 1.00. The number of alkyl halides is 3. The van der Waals surface area contributed by atoms with Crippen LogP contribution in [0.4, 0.5) is 13.2 Å². The molecule has 0 heterocycles. The molecule has 0 aromatic carbocycles. The quantitative estimate of drug-likeness (QED) is 0.528. The maximum absolute atomic E-state index is 11.7. The summed E-state index contributed by atoms with van der Waals surface area (Å²) in [5, 5.41) is 0. The lowest BCUT2D eigenvalue weighted by Crippen LogP contribution is -2.23. The molecule has 0 aliphatic heterocycles. The molecule has 0 saturated heterocycles. The Kier molecular flexibility index (Phi) is 6.75. The molecule has 1 unspecified atom stereocenters. The second kappa shape index (κ2) is 6.83. The molecule has 7 nitrogen and oxygen atoms in total. The molecular weight excluding hydrogens is 304 g/mol. The van der Waals surface area contributed by atoms with Crippen molar-refractivity contribution in [3.05, 3.63) is 0 Å². The lowest BCUT2D eigenvalue weighted by molar-refractivity contribution is -0.152. The van der Waals surface area contributed by atoms with E-state index in [0.29, 0.717) is 0 Å². The van der Waals surface area contributed by atoms with Crippen molar-refractivity contribution >= 4 is 17.9 Å². The molecule has 0 aliphatic carbocycles. The van der Waals surface area contributed by atoms with Gasteiger partial charge in [0, 0.05) is 0 Å². The van der Waals surface area contributed by atoms with Crippen molar-refractivity contribution in [3.8, 4) is 0 Å². The van der Waals surface area contributed by atoms with Gasteiger partial charge in [-0.3, -0.25) is 13.2 Å². The van der Waals surface area contributed by atoms with Crippen LogP contribution in [0, 0.1) is 0 Å². The SMILES string of the molecule is CCOP(=O)(O)OCCS(=O)(=O)OCC(F)(F)F. The Labute approximate surface area is 102 Å². The summed E-state index contributed by atoms with van der Waals surface area (Å²) in [5.41, 5.74) is 0. The molecular formula is C6H12F3O7PS. The second-order valence-electron chi connectivity index (χ2n) is 2.86. The average Bonchev–Trinajstić information content (AvgIpc) is 2.13. The van der Waals surface area contributed by atoms with E-state index in [9.17, 15) is 26.2 Å². The standard InChI is InChI=1S/C6H12F3O7PS/c1-2-14-17(10,11)15-3-4-18(12,13)16-5-6(7,8)9/h2-5H2,1H3,(H,10,11). The van der Waals surface area contributed by atoms with E-state index in [1.54, 1.807) is 0 Å². The summed E-state index contributed by atoms with van der Waals surface area (Å²) in [6.07, 6.45) is -4.79. The van der Waals surface area contributed by atoms with E-state index in [1.807, 2.05) is 0 Å². The summed E-state index contributed by atoms with van der Waals surface area (Å²) in [6, 6.07) is 0. The molecule has 0 aromatic rings. The molecule has 0 spiro atoms. The molecule has 110 valence electrons. The third kappa shape index (κ3) is 9.80. The Hall–Kier alpha value is -0.190. The maximum atomic E-state index is 11.7. The van der Waals surface area contributed by atoms with Crippen molar-refractivity contribution in [3.63, 3.8) is 0 Å². The van der Waals surface area contributed by atoms with E-state index in [-0.39, 0.29) is 6.61 Å². The molecule has 12 heteroatoms. The molecule has 0 saturated carbocycles. The van der Waals surface area contributed by atoms with E-state index in [0.717, 1.165) is 0 Å². The minimum absolute atomic E-state index is 0.148. The van der Waals surface area contributed by atoms with Crippen molar-refractivity contribution in [2.75, 3.05) is 25.6 Å². The summed E-state index contributed by atoms with van der Waals surface area (Å²) < 4.78 is 79.8. The normalized spacial score (nSPS) is 16.5. The highest BCUT2D eigenvalue weighted by molar-refractivity contribution is 7.86. The summed E-state index contributed by atoms with van der Waals surface area (Å²) in [5.74, 6) is -0.999. The van der Waals surface area contributed by atoms with Crippen molar-refractivity contribution in [1.82, 2.24) is 0 Å². The number of hydrogen-bond donors (Lipinski definition) is 1. The molecule has 0 aliphatic rings. The number of phosphoric ester groups is 1. The third-order valence-electron chi connectivity index (χ3n) is 1.28. The summed E-state index contributed by atoms with van der Waals surface area (Å²) >= 11 is 0. The van der Waals surface area contributed by atoms with Crippen molar-refractivity contribution in [1.29, 1.82) is 0 Å². The van der Waals surface area contributed by atoms with Gasteiger partial charge in [0.25, 0.3) is 10.1 Å².